The topological polar surface area (TPSA) is 60.5 Å². The Morgan fingerprint density at radius 1 is 1.21 bits per heavy atom. The van der Waals surface area contributed by atoms with Gasteiger partial charge in [-0.1, -0.05) is 29.8 Å². The number of halogens is 1. The number of ether oxygens (including phenoxy) is 2. The van der Waals surface area contributed by atoms with Gasteiger partial charge in [-0.05, 0) is 24.3 Å². The van der Waals surface area contributed by atoms with Gasteiger partial charge in [-0.2, -0.15) is 0 Å². The van der Waals surface area contributed by atoms with Crippen molar-refractivity contribution in [2.45, 2.75) is 0 Å². The number of hydrogen-bond acceptors (Lipinski definition) is 4. The maximum Gasteiger partial charge on any atom is 0.418 e. The largest absolute Gasteiger partial charge is 0.494 e. The van der Waals surface area contributed by atoms with Gasteiger partial charge in [-0.25, -0.2) is 9.78 Å². The molecule has 1 heterocycles. The molecule has 6 heteroatoms. The van der Waals surface area contributed by atoms with E-state index in [1.165, 1.54) is 7.11 Å². The average molecular weight is 279 g/mol. The van der Waals surface area contributed by atoms with Crippen LogP contribution in [0.3, 0.4) is 0 Å². The molecule has 0 fully saturated rings. The van der Waals surface area contributed by atoms with Crippen LogP contribution in [0, 0.1) is 0 Å². The zero-order valence-electron chi connectivity index (χ0n) is 10.1. The van der Waals surface area contributed by atoms with Crippen molar-refractivity contribution in [3.63, 3.8) is 0 Å². The number of methoxy groups -OCH3 is 1. The van der Waals surface area contributed by atoms with Crippen LogP contribution in [0.5, 0.6) is 11.5 Å². The van der Waals surface area contributed by atoms with Crippen molar-refractivity contribution in [2.24, 2.45) is 0 Å². The van der Waals surface area contributed by atoms with Crippen molar-refractivity contribution in [3.8, 4) is 11.5 Å². The maximum absolute atomic E-state index is 11.6. The van der Waals surface area contributed by atoms with Gasteiger partial charge in [0, 0.05) is 0 Å². The minimum atomic E-state index is -0.639. The third-order valence-corrected chi connectivity index (χ3v) is 2.49. The summed E-state index contributed by atoms with van der Waals surface area (Å²) in [6, 6.07) is 11.9. The molecule has 0 aliphatic carbocycles. The van der Waals surface area contributed by atoms with Crippen molar-refractivity contribution in [3.05, 3.63) is 47.6 Å². The molecule has 2 aromatic rings. The summed E-state index contributed by atoms with van der Waals surface area (Å²) >= 11 is 5.84. The molecule has 0 aliphatic heterocycles. The van der Waals surface area contributed by atoms with E-state index in [1.54, 1.807) is 36.4 Å². The number of benzene rings is 1. The van der Waals surface area contributed by atoms with E-state index in [4.69, 9.17) is 21.1 Å². The Balaban J connectivity index is 2.01. The Morgan fingerprint density at radius 2 is 1.95 bits per heavy atom. The second-order valence-electron chi connectivity index (χ2n) is 3.52. The molecule has 0 saturated heterocycles. The molecule has 0 spiro atoms. The van der Waals surface area contributed by atoms with Gasteiger partial charge in [-0.15, -0.1) is 0 Å². The molecule has 2 rings (SSSR count). The van der Waals surface area contributed by atoms with E-state index in [0.29, 0.717) is 11.5 Å². The van der Waals surface area contributed by atoms with Crippen LogP contribution in [-0.4, -0.2) is 18.2 Å². The summed E-state index contributed by atoms with van der Waals surface area (Å²) in [6.45, 7) is 0. The molecular formula is C13H11ClN2O3. The number of aromatic nitrogens is 1. The molecule has 0 saturated carbocycles. The van der Waals surface area contributed by atoms with E-state index in [1.807, 2.05) is 6.07 Å². The highest BCUT2D eigenvalue weighted by molar-refractivity contribution is 6.31. The number of para-hydroxylation sites is 1. The summed E-state index contributed by atoms with van der Waals surface area (Å²) in [5, 5.41) is 2.64. The number of nitrogens with zero attached hydrogens (tertiary/aromatic N) is 1. The van der Waals surface area contributed by atoms with Crippen LogP contribution >= 0.6 is 11.6 Å². The Bertz CT molecular complexity index is 575. The number of anilines is 1. The third-order valence-electron chi connectivity index (χ3n) is 2.22. The number of amides is 1. The number of carbonyl (C=O) groups is 1. The molecule has 1 aromatic carbocycles. The Hall–Kier alpha value is -2.27. The van der Waals surface area contributed by atoms with Gasteiger partial charge in [0.2, 0.25) is 0 Å². The molecule has 0 atom stereocenters. The molecule has 1 N–H and O–H groups in total. The standard InChI is InChI=1S/C13H11ClN2O3/c1-18-10-7-8-11(15-12(10)14)16-13(17)19-9-5-3-2-4-6-9/h2-8H,1H3,(H,15,16,17). The average Bonchev–Trinajstić information content (AvgIpc) is 2.40. The fraction of sp³-hybridized carbons (Fsp3) is 0.0769. The lowest BCUT2D eigenvalue weighted by molar-refractivity contribution is 0.215. The van der Waals surface area contributed by atoms with Crippen LogP contribution in [0.4, 0.5) is 10.6 Å². The van der Waals surface area contributed by atoms with Gasteiger partial charge in [0.1, 0.15) is 11.6 Å². The van der Waals surface area contributed by atoms with E-state index < -0.39 is 6.09 Å². The van der Waals surface area contributed by atoms with Crippen LogP contribution in [0.15, 0.2) is 42.5 Å². The van der Waals surface area contributed by atoms with Crippen molar-refractivity contribution >= 4 is 23.5 Å². The maximum atomic E-state index is 11.6. The quantitative estimate of drug-likeness (QED) is 0.875. The SMILES string of the molecule is COc1ccc(NC(=O)Oc2ccccc2)nc1Cl. The fourth-order valence-electron chi connectivity index (χ4n) is 1.37. The summed E-state index contributed by atoms with van der Waals surface area (Å²) in [6.07, 6.45) is -0.639. The first kappa shape index (κ1) is 13.2. The molecule has 0 aliphatic rings. The van der Waals surface area contributed by atoms with Crippen LogP contribution in [0.25, 0.3) is 0 Å². The monoisotopic (exact) mass is 278 g/mol. The third kappa shape index (κ3) is 3.59. The normalized spacial score (nSPS) is 9.79. The predicted molar refractivity (Wildman–Crippen MR) is 71.9 cm³/mol. The van der Waals surface area contributed by atoms with Crippen molar-refractivity contribution < 1.29 is 14.3 Å². The summed E-state index contributed by atoms with van der Waals surface area (Å²) < 4.78 is 10.0. The lowest BCUT2D eigenvalue weighted by atomic mass is 10.3. The van der Waals surface area contributed by atoms with E-state index in [9.17, 15) is 4.79 Å². The molecule has 19 heavy (non-hydrogen) atoms. The zero-order valence-corrected chi connectivity index (χ0v) is 10.8. The number of nitrogens with one attached hydrogen (secondary N) is 1. The van der Waals surface area contributed by atoms with E-state index >= 15 is 0 Å². The molecule has 0 radical (unpaired) electrons. The Morgan fingerprint density at radius 3 is 2.58 bits per heavy atom. The summed E-state index contributed by atoms with van der Waals surface area (Å²) in [7, 11) is 1.49. The lowest BCUT2D eigenvalue weighted by Crippen LogP contribution is -2.17. The Kier molecular flexibility index (Phi) is 4.20. The smallest absolute Gasteiger partial charge is 0.418 e. The highest BCUT2D eigenvalue weighted by atomic mass is 35.5. The zero-order chi connectivity index (χ0) is 13.7. The van der Waals surface area contributed by atoms with E-state index in [0.717, 1.165) is 0 Å². The number of pyridine rings is 1. The molecule has 5 nitrogen and oxygen atoms in total. The molecule has 0 bridgehead atoms. The van der Waals surface area contributed by atoms with Crippen molar-refractivity contribution in [1.82, 2.24) is 4.98 Å². The first-order valence-corrected chi connectivity index (χ1v) is 5.81. The van der Waals surface area contributed by atoms with Crippen molar-refractivity contribution in [1.29, 1.82) is 0 Å². The van der Waals surface area contributed by atoms with Crippen LogP contribution in [-0.2, 0) is 0 Å². The van der Waals surface area contributed by atoms with Gasteiger partial charge in [0.15, 0.2) is 10.9 Å². The summed E-state index contributed by atoms with van der Waals surface area (Å²) in [5.41, 5.74) is 0. The van der Waals surface area contributed by atoms with Gasteiger partial charge in [-0.3, -0.25) is 5.32 Å². The number of hydrogen-bond donors (Lipinski definition) is 1. The minimum Gasteiger partial charge on any atom is -0.494 e. The number of rotatable bonds is 3. The minimum absolute atomic E-state index is 0.167. The van der Waals surface area contributed by atoms with Gasteiger partial charge in [0.05, 0.1) is 7.11 Å². The first-order chi connectivity index (χ1) is 9.19. The van der Waals surface area contributed by atoms with Gasteiger partial charge < -0.3 is 9.47 Å². The van der Waals surface area contributed by atoms with Crippen LogP contribution in [0.2, 0.25) is 5.15 Å². The molecule has 98 valence electrons. The summed E-state index contributed by atoms with van der Waals surface area (Å²) in [5.74, 6) is 1.16. The van der Waals surface area contributed by atoms with E-state index in [-0.39, 0.29) is 11.0 Å². The fourth-order valence-corrected chi connectivity index (χ4v) is 1.60. The second-order valence-corrected chi connectivity index (χ2v) is 3.88. The predicted octanol–water partition coefficient (Wildman–Crippen LogP) is 3.35. The first-order valence-electron chi connectivity index (χ1n) is 5.43. The van der Waals surface area contributed by atoms with Gasteiger partial charge >= 0.3 is 6.09 Å². The second kappa shape index (κ2) is 6.06. The van der Waals surface area contributed by atoms with Crippen LogP contribution in [0.1, 0.15) is 0 Å². The molecule has 1 amide bonds. The highest BCUT2D eigenvalue weighted by Crippen LogP contribution is 2.23. The number of carbonyl (C=O) groups excluding carboxylic acids is 1. The Labute approximate surface area is 115 Å². The molecular weight excluding hydrogens is 268 g/mol. The molecule has 0 unspecified atom stereocenters. The lowest BCUT2D eigenvalue weighted by Gasteiger charge is -2.07. The van der Waals surface area contributed by atoms with Gasteiger partial charge in [0.25, 0.3) is 0 Å². The van der Waals surface area contributed by atoms with Crippen LogP contribution < -0.4 is 14.8 Å². The van der Waals surface area contributed by atoms with E-state index in [2.05, 4.69) is 10.3 Å². The summed E-state index contributed by atoms with van der Waals surface area (Å²) in [4.78, 5) is 15.6. The van der Waals surface area contributed by atoms with Crippen molar-refractivity contribution in [2.75, 3.05) is 12.4 Å². The highest BCUT2D eigenvalue weighted by Gasteiger charge is 2.08. The molecule has 1 aromatic heterocycles.